The molecule has 9 aromatic rings. The molecule has 0 N–H and O–H groups in total. The van der Waals surface area contributed by atoms with E-state index >= 15 is 0 Å². The van der Waals surface area contributed by atoms with Gasteiger partial charge in [-0.3, -0.25) is 4.98 Å². The summed E-state index contributed by atoms with van der Waals surface area (Å²) in [6, 6.07) is 39.8. The predicted molar refractivity (Wildman–Crippen MR) is 162 cm³/mol. The fourth-order valence-electron chi connectivity index (χ4n) is 5.91. The first-order valence-corrected chi connectivity index (χ1v) is 13.3. The number of furan rings is 2. The normalized spacial score (nSPS) is 12.0. The van der Waals surface area contributed by atoms with Crippen LogP contribution in [0.2, 0.25) is 0 Å². The monoisotopic (exact) mass is 512 g/mol. The Morgan fingerprint density at radius 1 is 0.450 bits per heavy atom. The van der Waals surface area contributed by atoms with Gasteiger partial charge in [0, 0.05) is 44.1 Å². The molecule has 0 bridgehead atoms. The molecule has 4 nitrogen and oxygen atoms in total. The van der Waals surface area contributed by atoms with Crippen LogP contribution in [0.4, 0.5) is 0 Å². The highest BCUT2D eigenvalue weighted by atomic mass is 16.4. The number of pyridine rings is 2. The first-order chi connectivity index (χ1) is 19.8. The summed E-state index contributed by atoms with van der Waals surface area (Å²) in [5, 5.41) is 6.50. The van der Waals surface area contributed by atoms with E-state index in [1.807, 2.05) is 30.5 Å². The third kappa shape index (κ3) is 3.07. The zero-order valence-corrected chi connectivity index (χ0v) is 21.3. The number of hydrogen-bond acceptors (Lipinski definition) is 4. The Hall–Kier alpha value is -5.48. The third-order valence-corrected chi connectivity index (χ3v) is 7.93. The summed E-state index contributed by atoms with van der Waals surface area (Å²) in [5.74, 6) is 0. The van der Waals surface area contributed by atoms with Crippen molar-refractivity contribution in [3.05, 3.63) is 121 Å². The van der Waals surface area contributed by atoms with Gasteiger partial charge in [-0.25, -0.2) is 4.98 Å². The molecular weight excluding hydrogens is 492 g/mol. The molecular formula is C36H20N2O2. The second-order valence-corrected chi connectivity index (χ2v) is 10.2. The van der Waals surface area contributed by atoms with Crippen LogP contribution in [0.3, 0.4) is 0 Å². The van der Waals surface area contributed by atoms with E-state index in [1.165, 1.54) is 0 Å². The molecule has 4 aromatic heterocycles. The Morgan fingerprint density at radius 3 is 1.98 bits per heavy atom. The van der Waals surface area contributed by atoms with Gasteiger partial charge in [0.1, 0.15) is 11.2 Å². The van der Waals surface area contributed by atoms with Gasteiger partial charge in [-0.05, 0) is 53.6 Å². The zero-order chi connectivity index (χ0) is 26.2. The average molecular weight is 513 g/mol. The van der Waals surface area contributed by atoms with Gasteiger partial charge in [-0.2, -0.15) is 0 Å². The molecule has 0 aliphatic carbocycles. The minimum absolute atomic E-state index is 0.792. The highest BCUT2D eigenvalue weighted by Gasteiger charge is 2.16. The van der Waals surface area contributed by atoms with Crippen molar-refractivity contribution in [1.82, 2.24) is 9.97 Å². The summed E-state index contributed by atoms with van der Waals surface area (Å²) >= 11 is 0. The molecule has 0 aliphatic rings. The van der Waals surface area contributed by atoms with E-state index in [2.05, 4.69) is 96.0 Å². The molecule has 5 aromatic carbocycles. The topological polar surface area (TPSA) is 52.1 Å². The lowest BCUT2D eigenvalue weighted by molar-refractivity contribution is 0.633. The summed E-state index contributed by atoms with van der Waals surface area (Å²) in [6.07, 6.45) is 1.82. The second kappa shape index (κ2) is 8.01. The summed E-state index contributed by atoms with van der Waals surface area (Å²) in [7, 11) is 0. The summed E-state index contributed by atoms with van der Waals surface area (Å²) in [6.45, 7) is 0. The number of aromatic nitrogens is 2. The van der Waals surface area contributed by atoms with Crippen molar-refractivity contribution in [3.63, 3.8) is 0 Å². The molecule has 0 saturated heterocycles. The maximum atomic E-state index is 6.32. The fourth-order valence-corrected chi connectivity index (χ4v) is 5.91. The molecule has 40 heavy (non-hydrogen) atoms. The Bertz CT molecular complexity index is 2430. The third-order valence-electron chi connectivity index (χ3n) is 7.93. The van der Waals surface area contributed by atoms with Gasteiger partial charge < -0.3 is 8.83 Å². The molecule has 186 valence electrons. The first-order valence-electron chi connectivity index (χ1n) is 13.3. The molecule has 0 fully saturated rings. The van der Waals surface area contributed by atoms with Crippen LogP contribution in [0.1, 0.15) is 0 Å². The number of rotatable bonds is 2. The smallest absolute Gasteiger partial charge is 0.178 e. The fraction of sp³-hybridized carbons (Fsp3) is 0. The maximum absolute atomic E-state index is 6.32. The van der Waals surface area contributed by atoms with Crippen LogP contribution >= 0.6 is 0 Å². The van der Waals surface area contributed by atoms with E-state index in [0.29, 0.717) is 0 Å². The zero-order valence-electron chi connectivity index (χ0n) is 21.3. The lowest BCUT2D eigenvalue weighted by Crippen LogP contribution is -1.88. The van der Waals surface area contributed by atoms with Crippen LogP contribution in [0.15, 0.2) is 130 Å². The van der Waals surface area contributed by atoms with Crippen molar-refractivity contribution >= 4 is 65.7 Å². The molecule has 0 amide bonds. The van der Waals surface area contributed by atoms with Gasteiger partial charge in [0.25, 0.3) is 0 Å². The summed E-state index contributed by atoms with van der Waals surface area (Å²) < 4.78 is 12.5. The molecule has 9 rings (SSSR count). The van der Waals surface area contributed by atoms with E-state index in [-0.39, 0.29) is 0 Å². The van der Waals surface area contributed by atoms with Crippen LogP contribution in [-0.2, 0) is 0 Å². The van der Waals surface area contributed by atoms with E-state index in [4.69, 9.17) is 13.8 Å². The van der Waals surface area contributed by atoms with Crippen LogP contribution in [0.5, 0.6) is 0 Å². The predicted octanol–water partition coefficient (Wildman–Crippen LogP) is 9.92. The number of hydrogen-bond donors (Lipinski definition) is 0. The first kappa shape index (κ1) is 21.5. The molecule has 0 atom stereocenters. The van der Waals surface area contributed by atoms with E-state index < -0.39 is 0 Å². The van der Waals surface area contributed by atoms with Gasteiger partial charge in [-0.1, -0.05) is 72.8 Å². The van der Waals surface area contributed by atoms with Gasteiger partial charge in [0.15, 0.2) is 11.2 Å². The highest BCUT2D eigenvalue weighted by molar-refractivity contribution is 6.19. The highest BCUT2D eigenvalue weighted by Crippen LogP contribution is 2.39. The number of fused-ring (bicyclic) bond motifs is 10. The number of benzene rings is 5. The van der Waals surface area contributed by atoms with Crippen molar-refractivity contribution < 1.29 is 8.83 Å². The van der Waals surface area contributed by atoms with Crippen molar-refractivity contribution in [2.24, 2.45) is 0 Å². The van der Waals surface area contributed by atoms with Crippen LogP contribution in [0.25, 0.3) is 88.1 Å². The van der Waals surface area contributed by atoms with Gasteiger partial charge in [-0.15, -0.1) is 0 Å². The number of nitrogens with zero attached hydrogens (tertiary/aromatic N) is 2. The van der Waals surface area contributed by atoms with Crippen LogP contribution < -0.4 is 0 Å². The maximum Gasteiger partial charge on any atom is 0.178 e. The Kier molecular flexibility index (Phi) is 4.30. The minimum Gasteiger partial charge on any atom is -0.452 e. The largest absolute Gasteiger partial charge is 0.452 e. The van der Waals surface area contributed by atoms with Crippen molar-refractivity contribution in [2.75, 3.05) is 0 Å². The Morgan fingerprint density at radius 2 is 1.12 bits per heavy atom. The lowest BCUT2D eigenvalue weighted by Gasteiger charge is -2.07. The molecule has 0 unspecified atom stereocenters. The van der Waals surface area contributed by atoms with Gasteiger partial charge in [0.05, 0.1) is 16.7 Å². The van der Waals surface area contributed by atoms with E-state index in [1.54, 1.807) is 0 Å². The van der Waals surface area contributed by atoms with Gasteiger partial charge in [0.2, 0.25) is 0 Å². The molecule has 4 heteroatoms. The SMILES string of the molecule is c1cnc2c(c1)ccc1ccc(-c3ccc(-c4ccc5oc6c(ccc7c8ccccc8oc76)c5c4)cc3)nc12. The molecule has 0 spiro atoms. The molecule has 0 saturated carbocycles. The lowest BCUT2D eigenvalue weighted by atomic mass is 10.00. The van der Waals surface area contributed by atoms with Gasteiger partial charge >= 0.3 is 0 Å². The average Bonchev–Trinajstić information content (AvgIpc) is 3.59. The Balaban J connectivity index is 1.13. The van der Waals surface area contributed by atoms with E-state index in [0.717, 1.165) is 88.1 Å². The molecule has 4 heterocycles. The molecule has 0 radical (unpaired) electrons. The second-order valence-electron chi connectivity index (χ2n) is 10.2. The van der Waals surface area contributed by atoms with Crippen LogP contribution in [0, 0.1) is 0 Å². The minimum atomic E-state index is 0.792. The standard InChI is InChI=1S/C36H20N2O2/c1-2-6-31-26(5-1)27-15-16-28-29-20-25(14-18-32(29)40-36(28)35(27)39-31)21-7-9-22(10-8-21)30-17-13-24-12-11-23-4-3-19-37-33(23)34(24)38-30/h1-20H. The quantitative estimate of drug-likeness (QED) is 0.216. The summed E-state index contributed by atoms with van der Waals surface area (Å²) in [4.78, 5) is 9.59. The van der Waals surface area contributed by atoms with Crippen molar-refractivity contribution in [1.29, 1.82) is 0 Å². The van der Waals surface area contributed by atoms with E-state index in [9.17, 15) is 0 Å². The summed E-state index contributed by atoms with van der Waals surface area (Å²) in [5.41, 5.74) is 9.44. The van der Waals surface area contributed by atoms with Crippen molar-refractivity contribution in [3.8, 4) is 22.4 Å². The Labute approximate surface area is 228 Å². The number of para-hydroxylation sites is 1. The molecule has 0 aliphatic heterocycles. The van der Waals surface area contributed by atoms with Crippen LogP contribution in [-0.4, -0.2) is 9.97 Å². The van der Waals surface area contributed by atoms with Crippen molar-refractivity contribution in [2.45, 2.75) is 0 Å².